The molecule has 1 aliphatic rings. The number of urea groups is 1. The number of thioether (sulfide) groups is 1. The van der Waals surface area contributed by atoms with Gasteiger partial charge in [-0.15, -0.1) is 0 Å². The van der Waals surface area contributed by atoms with Gasteiger partial charge in [-0.3, -0.25) is 4.79 Å². The van der Waals surface area contributed by atoms with E-state index in [2.05, 4.69) is 10.6 Å². The molecule has 0 saturated carbocycles. The minimum atomic E-state index is -0.689. The summed E-state index contributed by atoms with van der Waals surface area (Å²) < 4.78 is 5.77. The average molecular weight is 323 g/mol. The fourth-order valence-corrected chi connectivity index (χ4v) is 2.85. The third-order valence-electron chi connectivity index (χ3n) is 3.46. The van der Waals surface area contributed by atoms with Crippen LogP contribution in [0.15, 0.2) is 24.3 Å². The van der Waals surface area contributed by atoms with Gasteiger partial charge >= 0.3 is 6.03 Å². The summed E-state index contributed by atoms with van der Waals surface area (Å²) in [5, 5.41) is 5.31. The molecule has 0 aromatic heterocycles. The van der Waals surface area contributed by atoms with Crippen LogP contribution in [0.1, 0.15) is 12.0 Å². The summed E-state index contributed by atoms with van der Waals surface area (Å²) in [4.78, 5) is 23.2. The fourth-order valence-electron chi connectivity index (χ4n) is 2.38. The van der Waals surface area contributed by atoms with Crippen molar-refractivity contribution in [1.29, 1.82) is 0 Å². The highest BCUT2D eigenvalue weighted by Gasteiger charge is 2.25. The molecule has 1 heterocycles. The molecule has 0 fully saturated rings. The van der Waals surface area contributed by atoms with Crippen LogP contribution >= 0.6 is 11.8 Å². The van der Waals surface area contributed by atoms with Gasteiger partial charge in [-0.05, 0) is 30.1 Å². The van der Waals surface area contributed by atoms with Crippen LogP contribution < -0.4 is 21.1 Å². The number of hydrogen-bond donors (Lipinski definition) is 3. The lowest BCUT2D eigenvalue weighted by atomic mass is 10.1. The van der Waals surface area contributed by atoms with Gasteiger partial charge in [0.2, 0.25) is 5.91 Å². The van der Waals surface area contributed by atoms with Crippen molar-refractivity contribution in [2.24, 2.45) is 5.73 Å². The van der Waals surface area contributed by atoms with Crippen LogP contribution in [-0.2, 0) is 11.2 Å². The largest absolute Gasteiger partial charge is 0.488 e. The van der Waals surface area contributed by atoms with Gasteiger partial charge in [-0.1, -0.05) is 18.2 Å². The summed E-state index contributed by atoms with van der Waals surface area (Å²) in [6.45, 7) is 0.406. The lowest BCUT2D eigenvalue weighted by Crippen LogP contribution is -2.50. The molecule has 0 aliphatic carbocycles. The van der Waals surface area contributed by atoms with Crippen molar-refractivity contribution in [3.63, 3.8) is 0 Å². The maximum atomic E-state index is 12.2. The number of hydrogen-bond acceptors (Lipinski definition) is 4. The maximum absolute atomic E-state index is 12.2. The maximum Gasteiger partial charge on any atom is 0.312 e. The molecule has 1 aromatic carbocycles. The normalized spacial score (nSPS) is 17.2. The van der Waals surface area contributed by atoms with Crippen molar-refractivity contribution in [1.82, 2.24) is 10.6 Å². The van der Waals surface area contributed by atoms with Crippen LogP contribution in [0.5, 0.6) is 5.75 Å². The average Bonchev–Trinajstić information content (AvgIpc) is 2.91. The zero-order valence-electron chi connectivity index (χ0n) is 12.5. The van der Waals surface area contributed by atoms with Gasteiger partial charge in [0.1, 0.15) is 17.9 Å². The number of carbonyl (C=O) groups is 2. The summed E-state index contributed by atoms with van der Waals surface area (Å²) >= 11 is 1.61. The Hall–Kier alpha value is -1.89. The lowest BCUT2D eigenvalue weighted by Gasteiger charge is -2.18. The number of carbonyl (C=O) groups excluding carboxylic acids is 2. The van der Waals surface area contributed by atoms with Crippen LogP contribution in [-0.4, -0.2) is 42.6 Å². The first kappa shape index (κ1) is 16.5. The molecule has 6 nitrogen and oxygen atoms in total. The number of nitrogens with two attached hydrogens (primary N) is 1. The molecule has 2 atom stereocenters. The Bertz CT molecular complexity index is 514. The van der Waals surface area contributed by atoms with Gasteiger partial charge in [0.05, 0.1) is 6.54 Å². The number of benzene rings is 1. The topological polar surface area (TPSA) is 93.5 Å². The van der Waals surface area contributed by atoms with Crippen molar-refractivity contribution >= 4 is 23.7 Å². The number of amides is 3. The molecule has 2 rings (SSSR count). The summed E-state index contributed by atoms with van der Waals surface area (Å²) in [5.74, 6) is 1.41. The Labute approximate surface area is 134 Å². The van der Waals surface area contributed by atoms with E-state index in [0.717, 1.165) is 23.5 Å². The second kappa shape index (κ2) is 7.93. The van der Waals surface area contributed by atoms with E-state index in [-0.39, 0.29) is 12.0 Å². The second-order valence-electron chi connectivity index (χ2n) is 5.14. The molecular formula is C15H21N3O3S. The molecule has 0 saturated heterocycles. The number of para-hydroxylation sites is 1. The number of ether oxygens (including phenoxy) is 1. The third kappa shape index (κ3) is 4.56. The van der Waals surface area contributed by atoms with Gasteiger partial charge in [-0.2, -0.15) is 11.8 Å². The Balaban J connectivity index is 1.82. The van der Waals surface area contributed by atoms with Gasteiger partial charge < -0.3 is 21.1 Å². The monoisotopic (exact) mass is 323 g/mol. The van der Waals surface area contributed by atoms with Crippen LogP contribution in [0.4, 0.5) is 4.79 Å². The number of rotatable bonds is 7. The molecule has 0 radical (unpaired) electrons. The van der Waals surface area contributed by atoms with E-state index in [0.29, 0.717) is 13.0 Å². The summed E-state index contributed by atoms with van der Waals surface area (Å²) in [6.07, 6.45) is 3.19. The van der Waals surface area contributed by atoms with Crippen LogP contribution in [0.2, 0.25) is 0 Å². The van der Waals surface area contributed by atoms with Crippen LogP contribution in [0.3, 0.4) is 0 Å². The second-order valence-corrected chi connectivity index (χ2v) is 6.13. The minimum absolute atomic E-state index is 0.0730. The fraction of sp³-hybridized carbons (Fsp3) is 0.467. The van der Waals surface area contributed by atoms with Gasteiger partial charge in [0.15, 0.2) is 0 Å². The highest BCUT2D eigenvalue weighted by molar-refractivity contribution is 7.98. The Morgan fingerprint density at radius 3 is 2.91 bits per heavy atom. The van der Waals surface area contributed by atoms with Crippen molar-refractivity contribution in [2.45, 2.75) is 25.0 Å². The molecule has 120 valence electrons. The molecule has 22 heavy (non-hydrogen) atoms. The molecule has 0 spiro atoms. The highest BCUT2D eigenvalue weighted by atomic mass is 32.2. The predicted molar refractivity (Wildman–Crippen MR) is 87.1 cm³/mol. The van der Waals surface area contributed by atoms with Gasteiger partial charge in [-0.25, -0.2) is 4.79 Å². The quantitative estimate of drug-likeness (QED) is 0.695. The predicted octanol–water partition coefficient (Wildman–Crippen LogP) is 0.896. The van der Waals surface area contributed by atoms with E-state index in [1.807, 2.05) is 30.5 Å². The van der Waals surface area contributed by atoms with Gasteiger partial charge in [0, 0.05) is 6.42 Å². The number of primary amides is 1. The Morgan fingerprint density at radius 1 is 1.45 bits per heavy atom. The highest BCUT2D eigenvalue weighted by Crippen LogP contribution is 2.27. The zero-order valence-corrected chi connectivity index (χ0v) is 13.3. The summed E-state index contributed by atoms with van der Waals surface area (Å²) in [5.41, 5.74) is 6.27. The molecule has 0 unspecified atom stereocenters. The molecular weight excluding hydrogens is 302 g/mol. The summed E-state index contributed by atoms with van der Waals surface area (Å²) in [7, 11) is 0. The van der Waals surface area contributed by atoms with E-state index in [1.54, 1.807) is 11.8 Å². The molecule has 0 bridgehead atoms. The third-order valence-corrected chi connectivity index (χ3v) is 4.11. The molecule has 7 heteroatoms. The van der Waals surface area contributed by atoms with E-state index in [9.17, 15) is 9.59 Å². The van der Waals surface area contributed by atoms with Crippen molar-refractivity contribution < 1.29 is 14.3 Å². The van der Waals surface area contributed by atoms with Crippen molar-refractivity contribution in [2.75, 3.05) is 18.6 Å². The zero-order chi connectivity index (χ0) is 15.9. The minimum Gasteiger partial charge on any atom is -0.488 e. The molecule has 1 aliphatic heterocycles. The Kier molecular flexibility index (Phi) is 5.94. The first-order valence-electron chi connectivity index (χ1n) is 7.17. The first-order chi connectivity index (χ1) is 10.6. The molecule has 1 aromatic rings. The van der Waals surface area contributed by atoms with E-state index < -0.39 is 12.1 Å². The van der Waals surface area contributed by atoms with Gasteiger partial charge in [0.25, 0.3) is 0 Å². The van der Waals surface area contributed by atoms with E-state index in [4.69, 9.17) is 10.5 Å². The number of fused-ring (bicyclic) bond motifs is 1. The van der Waals surface area contributed by atoms with Crippen LogP contribution in [0.25, 0.3) is 0 Å². The summed E-state index contributed by atoms with van der Waals surface area (Å²) in [6, 6.07) is 6.55. The molecule has 3 amide bonds. The first-order valence-corrected chi connectivity index (χ1v) is 8.56. The smallest absolute Gasteiger partial charge is 0.312 e. The van der Waals surface area contributed by atoms with Crippen molar-refractivity contribution in [3.05, 3.63) is 29.8 Å². The lowest BCUT2D eigenvalue weighted by molar-refractivity contribution is -0.123. The van der Waals surface area contributed by atoms with E-state index >= 15 is 0 Å². The SMILES string of the molecule is CSCC[C@H](NC(N)=O)C(=O)NC[C@@H]1Cc2ccccc2O1. The van der Waals surface area contributed by atoms with Crippen molar-refractivity contribution in [3.8, 4) is 5.75 Å². The Morgan fingerprint density at radius 2 is 2.23 bits per heavy atom. The van der Waals surface area contributed by atoms with E-state index in [1.165, 1.54) is 0 Å². The number of nitrogens with one attached hydrogen (secondary N) is 2. The molecule has 4 N–H and O–H groups in total. The standard InChI is InChI=1S/C15H21N3O3S/c1-22-7-6-12(18-15(16)20)14(19)17-9-11-8-10-4-2-3-5-13(10)21-11/h2-5,11-12H,6-9H2,1H3,(H,17,19)(H3,16,18,20)/t11-,12-/m0/s1. The van der Waals surface area contributed by atoms with Crippen LogP contribution in [0, 0.1) is 0 Å².